The Balaban J connectivity index is 2.46. The van der Waals surface area contributed by atoms with Gasteiger partial charge in [-0.3, -0.25) is 4.79 Å². The van der Waals surface area contributed by atoms with Crippen LogP contribution in [0, 0.1) is 0 Å². The molecule has 1 rings (SSSR count). The molecule has 1 aromatic rings. The summed E-state index contributed by atoms with van der Waals surface area (Å²) in [6.45, 7) is 5.07. The van der Waals surface area contributed by atoms with Crippen LogP contribution in [0.5, 0.6) is 0 Å². The lowest BCUT2D eigenvalue weighted by Gasteiger charge is -2.19. The summed E-state index contributed by atoms with van der Waals surface area (Å²) in [4.78, 5) is 10.9. The number of benzene rings is 1. The summed E-state index contributed by atoms with van der Waals surface area (Å²) in [5, 5.41) is 0. The Morgan fingerprint density at radius 1 is 1.32 bits per heavy atom. The van der Waals surface area contributed by atoms with Gasteiger partial charge in [0.25, 0.3) is 0 Å². The molecule has 19 heavy (non-hydrogen) atoms. The van der Waals surface area contributed by atoms with E-state index >= 15 is 0 Å². The van der Waals surface area contributed by atoms with Crippen LogP contribution in [0.1, 0.15) is 32.8 Å². The summed E-state index contributed by atoms with van der Waals surface area (Å²) in [5.41, 5.74) is 1.28. The van der Waals surface area contributed by atoms with Crippen molar-refractivity contribution in [1.29, 1.82) is 0 Å². The number of hydrogen-bond acceptors (Lipinski definition) is 3. The third-order valence-corrected chi connectivity index (χ3v) is 2.67. The Kier molecular flexibility index (Phi) is 6.90. The van der Waals surface area contributed by atoms with Gasteiger partial charge in [-0.2, -0.15) is 0 Å². The minimum Gasteiger partial charge on any atom is -0.436 e. The van der Waals surface area contributed by atoms with Crippen molar-refractivity contribution in [2.75, 3.05) is 0 Å². The summed E-state index contributed by atoms with van der Waals surface area (Å²) >= 11 is 0. The van der Waals surface area contributed by atoms with Gasteiger partial charge >= 0.3 is 5.97 Å². The maximum absolute atomic E-state index is 10.9. The molecule has 0 amide bonds. The van der Waals surface area contributed by atoms with Crippen molar-refractivity contribution >= 4 is 5.97 Å². The molecule has 3 heteroatoms. The molecule has 0 saturated carbocycles. The molecule has 1 aromatic carbocycles. The van der Waals surface area contributed by atoms with Gasteiger partial charge in [-0.25, -0.2) is 0 Å². The molecule has 0 aliphatic heterocycles. The largest absolute Gasteiger partial charge is 0.436 e. The highest BCUT2D eigenvalue weighted by Gasteiger charge is 2.12. The van der Waals surface area contributed by atoms with Crippen LogP contribution in [0.2, 0.25) is 0 Å². The first-order valence-electron chi connectivity index (χ1n) is 6.61. The van der Waals surface area contributed by atoms with Gasteiger partial charge in [0.1, 0.15) is 0 Å². The van der Waals surface area contributed by atoms with Crippen LogP contribution in [0.25, 0.3) is 0 Å². The van der Waals surface area contributed by atoms with Crippen molar-refractivity contribution < 1.29 is 14.3 Å². The quantitative estimate of drug-likeness (QED) is 0.428. The van der Waals surface area contributed by atoms with E-state index in [4.69, 9.17) is 9.47 Å². The summed E-state index contributed by atoms with van der Waals surface area (Å²) in [6, 6.07) is 10.3. The number of hydrogen-bond donors (Lipinski definition) is 0. The first-order valence-corrected chi connectivity index (χ1v) is 6.61. The molecule has 3 nitrogen and oxygen atoms in total. The van der Waals surface area contributed by atoms with Gasteiger partial charge in [0.15, 0.2) is 0 Å². The van der Waals surface area contributed by atoms with Crippen LogP contribution in [0.4, 0.5) is 0 Å². The molecule has 0 heterocycles. The van der Waals surface area contributed by atoms with Crippen molar-refractivity contribution in [3.05, 3.63) is 48.0 Å². The molecule has 0 aromatic heterocycles. The highest BCUT2D eigenvalue weighted by molar-refractivity contribution is 5.65. The van der Waals surface area contributed by atoms with E-state index in [1.807, 2.05) is 37.3 Å². The maximum atomic E-state index is 10.9. The van der Waals surface area contributed by atoms with Gasteiger partial charge in [-0.15, -0.1) is 0 Å². The minimum absolute atomic E-state index is 0.0421. The second kappa shape index (κ2) is 8.48. The van der Waals surface area contributed by atoms with E-state index in [0.29, 0.717) is 0 Å². The van der Waals surface area contributed by atoms with Crippen LogP contribution < -0.4 is 0 Å². The number of allylic oxidation sites excluding steroid dienone is 1. The molecule has 0 radical (unpaired) electrons. The van der Waals surface area contributed by atoms with Crippen molar-refractivity contribution in [1.82, 2.24) is 0 Å². The average molecular weight is 262 g/mol. The van der Waals surface area contributed by atoms with Crippen molar-refractivity contribution in [2.24, 2.45) is 0 Å². The number of carbonyl (C=O) groups is 1. The van der Waals surface area contributed by atoms with Crippen LogP contribution in [0.3, 0.4) is 0 Å². The van der Waals surface area contributed by atoms with E-state index < -0.39 is 6.29 Å². The predicted octanol–water partition coefficient (Wildman–Crippen LogP) is 3.49. The number of rotatable bonds is 7. The third kappa shape index (κ3) is 6.77. The van der Waals surface area contributed by atoms with Crippen LogP contribution in [-0.4, -0.2) is 18.4 Å². The SMILES string of the molecule is C/C=C/C(CCc1ccccc1)OC(C)OC(C)=O. The molecule has 104 valence electrons. The van der Waals surface area contributed by atoms with Gasteiger partial charge < -0.3 is 9.47 Å². The zero-order valence-corrected chi connectivity index (χ0v) is 11.8. The summed E-state index contributed by atoms with van der Waals surface area (Å²) in [6.07, 6.45) is 5.18. The minimum atomic E-state index is -0.519. The predicted molar refractivity (Wildman–Crippen MR) is 75.7 cm³/mol. The molecule has 0 spiro atoms. The Bertz CT molecular complexity index is 398. The average Bonchev–Trinajstić information content (AvgIpc) is 2.36. The second-order valence-corrected chi connectivity index (χ2v) is 4.40. The second-order valence-electron chi connectivity index (χ2n) is 4.40. The number of esters is 1. The molecular weight excluding hydrogens is 240 g/mol. The van der Waals surface area contributed by atoms with Crippen molar-refractivity contribution in [3.63, 3.8) is 0 Å². The molecule has 0 N–H and O–H groups in total. The van der Waals surface area contributed by atoms with Crippen molar-refractivity contribution in [3.8, 4) is 0 Å². The molecule has 0 saturated heterocycles. The molecule has 0 bridgehead atoms. The lowest BCUT2D eigenvalue weighted by atomic mass is 10.1. The van der Waals surface area contributed by atoms with E-state index in [9.17, 15) is 4.79 Å². The standard InChI is InChI=1S/C16H22O3/c1-4-8-16(19-14(3)18-13(2)17)12-11-15-9-6-5-7-10-15/h4-10,14,16H,11-12H2,1-3H3/b8-4+. The fourth-order valence-corrected chi connectivity index (χ4v) is 1.89. The topological polar surface area (TPSA) is 35.5 Å². The molecule has 2 atom stereocenters. The molecule has 0 aliphatic carbocycles. The zero-order valence-electron chi connectivity index (χ0n) is 11.8. The van der Waals surface area contributed by atoms with E-state index in [2.05, 4.69) is 12.1 Å². The van der Waals surface area contributed by atoms with Gasteiger partial charge in [0.2, 0.25) is 6.29 Å². The zero-order chi connectivity index (χ0) is 14.1. The van der Waals surface area contributed by atoms with Crippen LogP contribution in [0.15, 0.2) is 42.5 Å². The molecule has 2 unspecified atom stereocenters. The normalized spacial score (nSPS) is 14.3. The number of ether oxygens (including phenoxy) is 2. The van der Waals surface area contributed by atoms with Gasteiger partial charge in [0, 0.05) is 6.92 Å². The van der Waals surface area contributed by atoms with E-state index in [0.717, 1.165) is 12.8 Å². The monoisotopic (exact) mass is 262 g/mol. The van der Waals surface area contributed by atoms with Gasteiger partial charge in [-0.1, -0.05) is 42.5 Å². The summed E-state index contributed by atoms with van der Waals surface area (Å²) < 4.78 is 10.7. The molecule has 0 aliphatic rings. The van der Waals surface area contributed by atoms with E-state index in [-0.39, 0.29) is 12.1 Å². The smallest absolute Gasteiger partial charge is 0.304 e. The third-order valence-electron chi connectivity index (χ3n) is 2.67. The number of aryl methyl sites for hydroxylation is 1. The maximum Gasteiger partial charge on any atom is 0.304 e. The first kappa shape index (κ1) is 15.4. The number of carbonyl (C=O) groups excluding carboxylic acids is 1. The highest BCUT2D eigenvalue weighted by Crippen LogP contribution is 2.11. The van der Waals surface area contributed by atoms with E-state index in [1.165, 1.54) is 12.5 Å². The molecular formula is C16H22O3. The van der Waals surface area contributed by atoms with Crippen LogP contribution >= 0.6 is 0 Å². The summed E-state index contributed by atoms with van der Waals surface area (Å²) in [7, 11) is 0. The lowest BCUT2D eigenvalue weighted by molar-refractivity contribution is -0.178. The Morgan fingerprint density at radius 2 is 2.00 bits per heavy atom. The summed E-state index contributed by atoms with van der Waals surface area (Å²) in [5.74, 6) is -0.324. The highest BCUT2D eigenvalue weighted by atomic mass is 16.7. The fourth-order valence-electron chi connectivity index (χ4n) is 1.89. The van der Waals surface area contributed by atoms with Crippen LogP contribution in [-0.2, 0) is 20.7 Å². The fraction of sp³-hybridized carbons (Fsp3) is 0.438. The first-order chi connectivity index (χ1) is 9.11. The molecule has 0 fully saturated rings. The van der Waals surface area contributed by atoms with Gasteiger partial charge in [0.05, 0.1) is 6.10 Å². The van der Waals surface area contributed by atoms with E-state index in [1.54, 1.807) is 6.92 Å². The Labute approximate surface area is 115 Å². The van der Waals surface area contributed by atoms with Crippen molar-refractivity contribution in [2.45, 2.75) is 46.0 Å². The Hall–Kier alpha value is -1.61. The van der Waals surface area contributed by atoms with Gasteiger partial charge in [-0.05, 0) is 32.3 Å². The lowest BCUT2D eigenvalue weighted by Crippen LogP contribution is -2.23. The Morgan fingerprint density at radius 3 is 2.58 bits per heavy atom.